The number of nitro benzene ring substituents is 2. The molecule has 0 amide bonds. The van der Waals surface area contributed by atoms with Crippen molar-refractivity contribution in [2.75, 3.05) is 0 Å². The van der Waals surface area contributed by atoms with Crippen LogP contribution in [0.5, 0.6) is 0 Å². The first-order chi connectivity index (χ1) is 9.84. The smallest absolute Gasteiger partial charge is 0.258 e. The van der Waals surface area contributed by atoms with Gasteiger partial charge in [-0.05, 0) is 18.2 Å². The molecule has 0 aliphatic carbocycles. The number of hydrogen-bond donors (Lipinski definition) is 0. The first-order valence-corrected chi connectivity index (χ1v) is 7.05. The SMILES string of the molecule is O=[N+]([O-])c1ccc(S(=O)(=O)c2ccccc2)cc1[N+](=O)[O-]. The quantitative estimate of drug-likeness (QED) is 0.631. The van der Waals surface area contributed by atoms with Crippen molar-refractivity contribution in [2.45, 2.75) is 9.79 Å². The lowest BCUT2D eigenvalue weighted by molar-refractivity contribution is -0.422. The van der Waals surface area contributed by atoms with Gasteiger partial charge in [-0.1, -0.05) is 18.2 Å². The van der Waals surface area contributed by atoms with Crippen molar-refractivity contribution in [3.05, 3.63) is 68.8 Å². The molecule has 0 unspecified atom stereocenters. The molecule has 0 aromatic heterocycles. The fraction of sp³-hybridized carbons (Fsp3) is 0. The highest BCUT2D eigenvalue weighted by Gasteiger charge is 2.28. The van der Waals surface area contributed by atoms with Crippen LogP contribution in [0.3, 0.4) is 0 Å². The second-order valence-electron chi connectivity index (χ2n) is 3.98. The second-order valence-corrected chi connectivity index (χ2v) is 5.93. The van der Waals surface area contributed by atoms with E-state index in [0.717, 1.165) is 12.1 Å². The molecule has 0 saturated heterocycles. The summed E-state index contributed by atoms with van der Waals surface area (Å²) in [5.41, 5.74) is -1.62. The van der Waals surface area contributed by atoms with Crippen molar-refractivity contribution in [3.8, 4) is 0 Å². The molecule has 2 aromatic carbocycles. The zero-order valence-electron chi connectivity index (χ0n) is 10.4. The third-order valence-corrected chi connectivity index (χ3v) is 4.47. The molecule has 0 aliphatic rings. The van der Waals surface area contributed by atoms with Gasteiger partial charge in [-0.2, -0.15) is 0 Å². The minimum Gasteiger partial charge on any atom is -0.258 e. The molecule has 0 fully saturated rings. The summed E-state index contributed by atoms with van der Waals surface area (Å²) in [6, 6.07) is 9.80. The Kier molecular flexibility index (Phi) is 3.68. The minimum absolute atomic E-state index is 0.0480. The van der Waals surface area contributed by atoms with E-state index in [1.807, 2.05) is 0 Å². The molecule has 108 valence electrons. The van der Waals surface area contributed by atoms with Gasteiger partial charge < -0.3 is 0 Å². The van der Waals surface area contributed by atoms with Crippen molar-refractivity contribution < 1.29 is 18.3 Å². The number of benzene rings is 2. The van der Waals surface area contributed by atoms with Crippen molar-refractivity contribution >= 4 is 21.2 Å². The summed E-state index contributed by atoms with van der Waals surface area (Å²) in [6.45, 7) is 0. The summed E-state index contributed by atoms with van der Waals surface area (Å²) >= 11 is 0. The van der Waals surface area contributed by atoms with Crippen LogP contribution in [-0.2, 0) is 9.84 Å². The maximum atomic E-state index is 12.3. The van der Waals surface area contributed by atoms with Crippen molar-refractivity contribution in [1.29, 1.82) is 0 Å². The summed E-state index contributed by atoms with van der Waals surface area (Å²) in [4.78, 5) is 19.2. The average Bonchev–Trinajstić information content (AvgIpc) is 2.47. The van der Waals surface area contributed by atoms with Gasteiger partial charge in [0, 0.05) is 12.1 Å². The summed E-state index contributed by atoms with van der Waals surface area (Å²) in [5, 5.41) is 21.6. The Hall–Kier alpha value is -2.81. The Labute approximate surface area is 118 Å². The maximum absolute atomic E-state index is 12.3. The van der Waals surface area contributed by atoms with E-state index < -0.39 is 31.1 Å². The van der Waals surface area contributed by atoms with Crippen LogP contribution in [-0.4, -0.2) is 18.3 Å². The van der Waals surface area contributed by atoms with Gasteiger partial charge in [0.05, 0.1) is 19.6 Å². The molecule has 0 aliphatic heterocycles. The van der Waals surface area contributed by atoms with Crippen LogP contribution in [0.15, 0.2) is 58.3 Å². The predicted octanol–water partition coefficient (Wildman–Crippen LogP) is 2.34. The first kappa shape index (κ1) is 14.6. The van der Waals surface area contributed by atoms with Gasteiger partial charge in [-0.15, -0.1) is 0 Å². The zero-order valence-corrected chi connectivity index (χ0v) is 11.2. The number of nitro groups is 2. The molecule has 0 spiro atoms. The van der Waals surface area contributed by atoms with E-state index in [2.05, 4.69) is 0 Å². The first-order valence-electron chi connectivity index (χ1n) is 5.57. The lowest BCUT2D eigenvalue weighted by Crippen LogP contribution is -2.04. The fourth-order valence-corrected chi connectivity index (χ4v) is 3.01. The third kappa shape index (κ3) is 2.72. The van der Waals surface area contributed by atoms with Gasteiger partial charge in [0.1, 0.15) is 0 Å². The standard InChI is InChI=1S/C12H8N2O6S/c15-13(16)11-7-6-10(8-12(11)14(17)18)21(19,20)9-4-2-1-3-5-9/h1-8H. The van der Waals surface area contributed by atoms with Crippen LogP contribution in [0.4, 0.5) is 11.4 Å². The molecule has 0 bridgehead atoms. The highest BCUT2D eigenvalue weighted by Crippen LogP contribution is 2.31. The monoisotopic (exact) mass is 308 g/mol. The van der Waals surface area contributed by atoms with Gasteiger partial charge in [0.2, 0.25) is 9.84 Å². The molecule has 2 rings (SSSR count). The normalized spacial score (nSPS) is 11.0. The van der Waals surface area contributed by atoms with E-state index in [1.54, 1.807) is 6.07 Å². The topological polar surface area (TPSA) is 120 Å². The Morgan fingerprint density at radius 3 is 1.86 bits per heavy atom. The number of rotatable bonds is 4. The number of hydrogen-bond acceptors (Lipinski definition) is 6. The molecule has 0 radical (unpaired) electrons. The van der Waals surface area contributed by atoms with Crippen molar-refractivity contribution in [1.82, 2.24) is 0 Å². The molecule has 8 nitrogen and oxygen atoms in total. The van der Waals surface area contributed by atoms with Crippen LogP contribution in [0.25, 0.3) is 0 Å². The van der Waals surface area contributed by atoms with E-state index in [1.165, 1.54) is 24.3 Å². The molecule has 0 saturated carbocycles. The van der Waals surface area contributed by atoms with Crippen molar-refractivity contribution in [3.63, 3.8) is 0 Å². The number of sulfone groups is 1. The molecular formula is C12H8N2O6S. The van der Waals surface area contributed by atoms with Crippen LogP contribution >= 0.6 is 0 Å². The summed E-state index contributed by atoms with van der Waals surface area (Å²) in [5.74, 6) is 0. The molecule has 0 heterocycles. The van der Waals surface area contributed by atoms with Crippen LogP contribution in [0.2, 0.25) is 0 Å². The molecule has 0 N–H and O–H groups in total. The van der Waals surface area contributed by atoms with E-state index in [-0.39, 0.29) is 9.79 Å². The summed E-state index contributed by atoms with van der Waals surface area (Å²) in [6.07, 6.45) is 0. The molecule has 9 heteroatoms. The minimum atomic E-state index is -3.96. The zero-order chi connectivity index (χ0) is 15.6. The van der Waals surface area contributed by atoms with Gasteiger partial charge in [-0.3, -0.25) is 20.2 Å². The molecule has 0 atom stereocenters. The van der Waals surface area contributed by atoms with Gasteiger partial charge in [0.15, 0.2) is 0 Å². The lowest BCUT2D eigenvalue weighted by atomic mass is 10.3. The predicted molar refractivity (Wildman–Crippen MR) is 71.6 cm³/mol. The highest BCUT2D eigenvalue weighted by atomic mass is 32.2. The van der Waals surface area contributed by atoms with Gasteiger partial charge in [-0.25, -0.2) is 8.42 Å². The second kappa shape index (κ2) is 5.29. The molecule has 2 aromatic rings. The Morgan fingerprint density at radius 1 is 0.762 bits per heavy atom. The molecular weight excluding hydrogens is 300 g/mol. The van der Waals surface area contributed by atoms with Crippen LogP contribution < -0.4 is 0 Å². The lowest BCUT2D eigenvalue weighted by Gasteiger charge is -2.04. The van der Waals surface area contributed by atoms with Gasteiger partial charge >= 0.3 is 11.4 Å². The maximum Gasteiger partial charge on any atom is 0.347 e. The van der Waals surface area contributed by atoms with E-state index in [4.69, 9.17) is 0 Å². The average molecular weight is 308 g/mol. The van der Waals surface area contributed by atoms with E-state index in [0.29, 0.717) is 6.07 Å². The Bertz CT molecular complexity index is 817. The summed E-state index contributed by atoms with van der Waals surface area (Å²) in [7, 11) is -3.96. The van der Waals surface area contributed by atoms with Crippen molar-refractivity contribution in [2.24, 2.45) is 0 Å². The third-order valence-electron chi connectivity index (χ3n) is 2.70. The Morgan fingerprint density at radius 2 is 1.33 bits per heavy atom. The van der Waals surface area contributed by atoms with Crippen LogP contribution in [0, 0.1) is 20.2 Å². The molecule has 21 heavy (non-hydrogen) atoms. The number of nitrogens with zero attached hydrogens (tertiary/aromatic N) is 2. The van der Waals surface area contributed by atoms with Crippen LogP contribution in [0.1, 0.15) is 0 Å². The Balaban J connectivity index is 2.64. The highest BCUT2D eigenvalue weighted by molar-refractivity contribution is 7.91. The van der Waals surface area contributed by atoms with E-state index >= 15 is 0 Å². The van der Waals surface area contributed by atoms with E-state index in [9.17, 15) is 28.6 Å². The largest absolute Gasteiger partial charge is 0.347 e. The van der Waals surface area contributed by atoms with Gasteiger partial charge in [0.25, 0.3) is 0 Å². The fourth-order valence-electron chi connectivity index (χ4n) is 1.71. The summed E-state index contributed by atoms with van der Waals surface area (Å²) < 4.78 is 24.6.